The maximum Gasteiger partial charge on any atom is 0.354 e. The van der Waals surface area contributed by atoms with Gasteiger partial charge in [-0.2, -0.15) is 0 Å². The predicted molar refractivity (Wildman–Crippen MR) is 130 cm³/mol. The highest BCUT2D eigenvalue weighted by Gasteiger charge is 2.45. The van der Waals surface area contributed by atoms with Crippen LogP contribution in [0.3, 0.4) is 0 Å². The number of methoxy groups -OCH3 is 1. The molecular weight excluding hydrogens is 482 g/mol. The molecule has 2 aliphatic heterocycles. The summed E-state index contributed by atoms with van der Waals surface area (Å²) in [5.41, 5.74) is 0.181. The molecular formula is C26H23N3O8. The van der Waals surface area contributed by atoms with E-state index in [4.69, 9.17) is 14.5 Å². The number of amides is 1. The molecule has 0 bridgehead atoms. The van der Waals surface area contributed by atoms with Gasteiger partial charge in [0.05, 0.1) is 36.1 Å². The molecule has 2 aromatic heterocycles. The number of hydrogen-bond donors (Lipinski definition) is 3. The third-order valence-electron chi connectivity index (χ3n) is 6.71. The van der Waals surface area contributed by atoms with E-state index < -0.39 is 29.0 Å². The number of rotatable bonds is 4. The number of ether oxygens (including phenoxy) is 2. The van der Waals surface area contributed by atoms with Gasteiger partial charge in [-0.05, 0) is 36.8 Å². The van der Waals surface area contributed by atoms with Gasteiger partial charge in [0, 0.05) is 29.0 Å². The van der Waals surface area contributed by atoms with Crippen molar-refractivity contribution < 1.29 is 34.1 Å². The number of aliphatic hydroxyl groups is 1. The first-order valence-electron chi connectivity index (χ1n) is 11.5. The lowest BCUT2D eigenvalue weighted by Crippen LogP contribution is -2.44. The second-order valence-corrected chi connectivity index (χ2v) is 8.89. The summed E-state index contributed by atoms with van der Waals surface area (Å²) in [6.07, 6.45) is 1.34. The Morgan fingerprint density at radius 3 is 2.73 bits per heavy atom. The average Bonchev–Trinajstić information content (AvgIpc) is 3.23. The highest BCUT2D eigenvalue weighted by molar-refractivity contribution is 6.02. The van der Waals surface area contributed by atoms with E-state index in [1.807, 2.05) is 0 Å². The van der Waals surface area contributed by atoms with Gasteiger partial charge in [-0.25, -0.2) is 14.6 Å². The minimum atomic E-state index is -1.93. The smallest absolute Gasteiger partial charge is 0.354 e. The molecule has 11 heteroatoms. The summed E-state index contributed by atoms with van der Waals surface area (Å²) in [6.45, 7) is 2.79. The highest BCUT2D eigenvalue weighted by atomic mass is 16.6. The first-order chi connectivity index (χ1) is 17.6. The zero-order chi connectivity index (χ0) is 26.6. The second kappa shape index (κ2) is 8.56. The van der Waals surface area contributed by atoms with Crippen LogP contribution in [0.25, 0.3) is 28.4 Å². The molecule has 0 saturated carbocycles. The van der Waals surface area contributed by atoms with Gasteiger partial charge in [0.2, 0.25) is 5.91 Å². The number of carbonyl (C=O) groups excluding carboxylic acids is 3. The quantitative estimate of drug-likeness (QED) is 0.276. The summed E-state index contributed by atoms with van der Waals surface area (Å²) in [4.78, 5) is 54.2. The van der Waals surface area contributed by atoms with Gasteiger partial charge in [-0.15, -0.1) is 0 Å². The average molecular weight is 505 g/mol. The van der Waals surface area contributed by atoms with E-state index in [2.05, 4.69) is 5.32 Å². The number of aromatic hydroxyl groups is 1. The lowest BCUT2D eigenvalue weighted by molar-refractivity contribution is -0.172. The first-order valence-corrected chi connectivity index (χ1v) is 11.5. The van der Waals surface area contributed by atoms with Crippen molar-refractivity contribution in [3.05, 3.63) is 62.6 Å². The maximum atomic E-state index is 13.3. The van der Waals surface area contributed by atoms with E-state index in [9.17, 15) is 29.4 Å². The minimum absolute atomic E-state index is 0.0333. The summed E-state index contributed by atoms with van der Waals surface area (Å²) < 4.78 is 11.3. The standard InChI is InChI=1S/C26H23N3O8/c1-4-26(35)17-9-20-22-13(10-29(20)23(32)16(17)11-37-25(26)34)7-14-15(21(31)6-5-18(14)28-22)8-19(24(33)36-3)27-12(2)30/h5-9,31,35H,4,10-11H2,1-3H3,(H,27,30). The van der Waals surface area contributed by atoms with Crippen molar-refractivity contribution >= 4 is 34.8 Å². The molecule has 2 aliphatic rings. The Morgan fingerprint density at radius 1 is 1.30 bits per heavy atom. The first kappa shape index (κ1) is 24.2. The summed E-state index contributed by atoms with van der Waals surface area (Å²) in [7, 11) is 1.17. The third-order valence-corrected chi connectivity index (χ3v) is 6.71. The topological polar surface area (TPSA) is 157 Å². The molecule has 0 saturated heterocycles. The number of esters is 2. The molecule has 3 aromatic rings. The fraction of sp³-hybridized carbons (Fsp3) is 0.269. The molecule has 37 heavy (non-hydrogen) atoms. The van der Waals surface area contributed by atoms with Crippen molar-refractivity contribution in [3.8, 4) is 17.1 Å². The summed E-state index contributed by atoms with van der Waals surface area (Å²) >= 11 is 0. The molecule has 1 atom stereocenters. The Morgan fingerprint density at radius 2 is 2.05 bits per heavy atom. The van der Waals surface area contributed by atoms with Gasteiger partial charge >= 0.3 is 11.9 Å². The number of carbonyl (C=O) groups is 3. The fourth-order valence-electron chi connectivity index (χ4n) is 4.80. The van der Waals surface area contributed by atoms with Crippen molar-refractivity contribution in [2.24, 2.45) is 0 Å². The van der Waals surface area contributed by atoms with Crippen LogP contribution in [0.4, 0.5) is 0 Å². The van der Waals surface area contributed by atoms with Gasteiger partial charge in [0.1, 0.15) is 18.1 Å². The normalized spacial score (nSPS) is 18.1. The third kappa shape index (κ3) is 3.66. The molecule has 190 valence electrons. The van der Waals surface area contributed by atoms with E-state index >= 15 is 0 Å². The number of nitrogens with one attached hydrogen (secondary N) is 1. The Hall–Kier alpha value is -4.51. The molecule has 0 spiro atoms. The van der Waals surface area contributed by atoms with Crippen LogP contribution in [-0.2, 0) is 42.6 Å². The largest absolute Gasteiger partial charge is 0.507 e. The van der Waals surface area contributed by atoms with Gasteiger partial charge in [0.25, 0.3) is 5.56 Å². The van der Waals surface area contributed by atoms with Crippen molar-refractivity contribution in [2.45, 2.75) is 39.0 Å². The van der Waals surface area contributed by atoms with Gasteiger partial charge < -0.3 is 29.6 Å². The van der Waals surface area contributed by atoms with Crippen LogP contribution >= 0.6 is 0 Å². The number of fused-ring (bicyclic) bond motifs is 5. The van der Waals surface area contributed by atoms with Crippen molar-refractivity contribution in [1.82, 2.24) is 14.9 Å². The number of nitrogens with zero attached hydrogens (tertiary/aromatic N) is 2. The molecule has 1 aromatic carbocycles. The van der Waals surface area contributed by atoms with Crippen LogP contribution in [0.15, 0.2) is 34.8 Å². The molecule has 0 aliphatic carbocycles. The van der Waals surface area contributed by atoms with E-state index in [0.717, 1.165) is 0 Å². The molecule has 3 N–H and O–H groups in total. The van der Waals surface area contributed by atoms with Gasteiger partial charge in [-0.3, -0.25) is 9.59 Å². The molecule has 0 radical (unpaired) electrons. The minimum Gasteiger partial charge on any atom is -0.507 e. The summed E-state index contributed by atoms with van der Waals surface area (Å²) in [5.74, 6) is -2.26. The molecule has 11 nitrogen and oxygen atoms in total. The molecule has 4 heterocycles. The van der Waals surface area contributed by atoms with E-state index in [1.54, 1.807) is 25.1 Å². The van der Waals surface area contributed by atoms with E-state index in [-0.39, 0.29) is 47.7 Å². The van der Waals surface area contributed by atoms with Gasteiger partial charge in [0.15, 0.2) is 5.60 Å². The number of hydrogen-bond acceptors (Lipinski definition) is 9. The molecule has 5 rings (SSSR count). The Kier molecular flexibility index (Phi) is 5.60. The molecule has 1 amide bonds. The summed E-state index contributed by atoms with van der Waals surface area (Å²) in [5, 5.41) is 24.5. The zero-order valence-electron chi connectivity index (χ0n) is 20.2. The number of benzene rings is 1. The summed E-state index contributed by atoms with van der Waals surface area (Å²) in [6, 6.07) is 6.33. The number of phenolic OH excluding ortho intramolecular Hbond substituents is 1. The van der Waals surface area contributed by atoms with E-state index in [1.165, 1.54) is 30.7 Å². The van der Waals surface area contributed by atoms with Crippen molar-refractivity contribution in [1.29, 1.82) is 0 Å². The van der Waals surface area contributed by atoms with Crippen LogP contribution in [-0.4, -0.2) is 44.7 Å². The lowest BCUT2D eigenvalue weighted by Gasteiger charge is -2.31. The molecule has 1 unspecified atom stereocenters. The fourth-order valence-corrected chi connectivity index (χ4v) is 4.80. The SMILES string of the molecule is CCC1(O)C(=O)OCc2c1cc1n(c2=O)Cc2cc3c(C=C(NC(C)=O)C(=O)OC)c(O)ccc3nc2-1. The number of cyclic esters (lactones) is 1. The van der Waals surface area contributed by atoms with Crippen molar-refractivity contribution in [3.63, 3.8) is 0 Å². The zero-order valence-corrected chi connectivity index (χ0v) is 20.2. The number of phenols is 1. The number of aromatic nitrogens is 2. The van der Waals surface area contributed by atoms with Crippen LogP contribution in [0, 0.1) is 0 Å². The van der Waals surface area contributed by atoms with Crippen molar-refractivity contribution in [2.75, 3.05) is 7.11 Å². The lowest BCUT2D eigenvalue weighted by atomic mass is 9.86. The van der Waals surface area contributed by atoms with Gasteiger partial charge in [-0.1, -0.05) is 6.92 Å². The van der Waals surface area contributed by atoms with Crippen LogP contribution in [0.5, 0.6) is 5.75 Å². The highest BCUT2D eigenvalue weighted by Crippen LogP contribution is 2.39. The monoisotopic (exact) mass is 505 g/mol. The van der Waals surface area contributed by atoms with Crippen LogP contribution < -0.4 is 10.9 Å². The number of pyridine rings is 2. The molecule has 0 fully saturated rings. The predicted octanol–water partition coefficient (Wildman–Crippen LogP) is 1.44. The van der Waals surface area contributed by atoms with Crippen LogP contribution in [0.1, 0.15) is 42.5 Å². The van der Waals surface area contributed by atoms with Crippen LogP contribution in [0.2, 0.25) is 0 Å². The Balaban J connectivity index is 1.71. The second-order valence-electron chi connectivity index (χ2n) is 8.89. The van der Waals surface area contributed by atoms with E-state index in [0.29, 0.717) is 27.9 Å². The Labute approximate surface area is 210 Å². The Bertz CT molecular complexity index is 1620. The maximum absolute atomic E-state index is 13.3.